The standard InChI is InChI=1S/C23H20F4N4O2/c1-13(32)28-15-8-11-19(18(12-15)23(25,26)27)29-22(33)21-17-4-2-3-5-20(17)31(30-21)16-9-6-14(24)7-10-16/h6-12H,2-5H2,1H3,(H,28,32)(H,29,33). The fourth-order valence-electron chi connectivity index (χ4n) is 3.93. The van der Waals surface area contributed by atoms with Crippen LogP contribution in [0.25, 0.3) is 5.69 Å². The van der Waals surface area contributed by atoms with Crippen LogP contribution < -0.4 is 10.6 Å². The van der Waals surface area contributed by atoms with Gasteiger partial charge in [0.2, 0.25) is 5.91 Å². The highest BCUT2D eigenvalue weighted by molar-refractivity contribution is 6.05. The third kappa shape index (κ3) is 4.74. The molecule has 10 heteroatoms. The van der Waals surface area contributed by atoms with E-state index < -0.39 is 35.1 Å². The van der Waals surface area contributed by atoms with Gasteiger partial charge in [0.05, 0.1) is 16.9 Å². The highest BCUT2D eigenvalue weighted by Crippen LogP contribution is 2.37. The Bertz CT molecular complexity index is 1220. The summed E-state index contributed by atoms with van der Waals surface area (Å²) in [6.07, 6.45) is -1.85. The summed E-state index contributed by atoms with van der Waals surface area (Å²) in [5.41, 5.74) is 0.487. The van der Waals surface area contributed by atoms with Crippen LogP contribution in [0.2, 0.25) is 0 Å². The summed E-state index contributed by atoms with van der Waals surface area (Å²) in [5, 5.41) is 9.01. The largest absolute Gasteiger partial charge is 0.418 e. The molecule has 0 spiro atoms. The average molecular weight is 460 g/mol. The molecule has 6 nitrogen and oxygen atoms in total. The van der Waals surface area contributed by atoms with Gasteiger partial charge < -0.3 is 10.6 Å². The van der Waals surface area contributed by atoms with Crippen LogP contribution in [0.5, 0.6) is 0 Å². The lowest BCUT2D eigenvalue weighted by molar-refractivity contribution is -0.137. The van der Waals surface area contributed by atoms with Crippen LogP contribution in [-0.2, 0) is 23.8 Å². The van der Waals surface area contributed by atoms with Crippen molar-refractivity contribution in [1.82, 2.24) is 9.78 Å². The summed E-state index contributed by atoms with van der Waals surface area (Å²) in [4.78, 5) is 24.2. The molecule has 1 aliphatic carbocycles. The molecule has 0 aliphatic heterocycles. The Kier molecular flexibility index (Phi) is 5.92. The third-order valence-electron chi connectivity index (χ3n) is 5.36. The van der Waals surface area contributed by atoms with E-state index in [2.05, 4.69) is 15.7 Å². The van der Waals surface area contributed by atoms with Crippen molar-refractivity contribution < 1.29 is 27.2 Å². The number of halogens is 4. The Morgan fingerprint density at radius 1 is 1.00 bits per heavy atom. The summed E-state index contributed by atoms with van der Waals surface area (Å²) in [7, 11) is 0. The van der Waals surface area contributed by atoms with Gasteiger partial charge in [-0.1, -0.05) is 0 Å². The van der Waals surface area contributed by atoms with Gasteiger partial charge in [0.15, 0.2) is 5.69 Å². The van der Waals surface area contributed by atoms with E-state index in [9.17, 15) is 27.2 Å². The quantitative estimate of drug-likeness (QED) is 0.531. The van der Waals surface area contributed by atoms with E-state index in [-0.39, 0.29) is 11.4 Å². The number of aromatic nitrogens is 2. The van der Waals surface area contributed by atoms with Crippen molar-refractivity contribution in [3.05, 3.63) is 70.8 Å². The molecule has 1 aromatic heterocycles. The van der Waals surface area contributed by atoms with Crippen molar-refractivity contribution in [2.24, 2.45) is 0 Å². The first-order chi connectivity index (χ1) is 15.6. The molecule has 1 heterocycles. The molecule has 0 bridgehead atoms. The van der Waals surface area contributed by atoms with Gasteiger partial charge in [-0.25, -0.2) is 9.07 Å². The monoisotopic (exact) mass is 460 g/mol. The summed E-state index contributed by atoms with van der Waals surface area (Å²) in [5.74, 6) is -1.70. The van der Waals surface area contributed by atoms with Crippen LogP contribution in [0.3, 0.4) is 0 Å². The molecule has 33 heavy (non-hydrogen) atoms. The van der Waals surface area contributed by atoms with Gasteiger partial charge in [-0.2, -0.15) is 18.3 Å². The minimum atomic E-state index is -4.76. The van der Waals surface area contributed by atoms with E-state index in [0.29, 0.717) is 24.1 Å². The van der Waals surface area contributed by atoms with Crippen LogP contribution in [0.15, 0.2) is 42.5 Å². The number of alkyl halides is 3. The summed E-state index contributed by atoms with van der Waals surface area (Å²) < 4.78 is 55.8. The Labute approximate surface area is 186 Å². The minimum Gasteiger partial charge on any atom is -0.326 e. The zero-order chi connectivity index (χ0) is 23.8. The van der Waals surface area contributed by atoms with E-state index in [4.69, 9.17) is 0 Å². The number of anilines is 2. The smallest absolute Gasteiger partial charge is 0.326 e. The number of rotatable bonds is 4. The number of benzene rings is 2. The van der Waals surface area contributed by atoms with E-state index in [1.165, 1.54) is 37.3 Å². The number of carbonyl (C=O) groups excluding carboxylic acids is 2. The van der Waals surface area contributed by atoms with Gasteiger partial charge in [-0.15, -0.1) is 0 Å². The Morgan fingerprint density at radius 2 is 1.70 bits per heavy atom. The Balaban J connectivity index is 1.71. The van der Waals surface area contributed by atoms with Crippen LogP contribution >= 0.6 is 0 Å². The van der Waals surface area contributed by atoms with Gasteiger partial charge in [-0.3, -0.25) is 9.59 Å². The van der Waals surface area contributed by atoms with Crippen molar-refractivity contribution in [3.8, 4) is 5.69 Å². The van der Waals surface area contributed by atoms with Gasteiger partial charge in [0.25, 0.3) is 5.91 Å². The Hall–Kier alpha value is -3.69. The lowest BCUT2D eigenvalue weighted by atomic mass is 9.95. The van der Waals surface area contributed by atoms with Crippen molar-refractivity contribution in [2.75, 3.05) is 10.6 Å². The number of fused-ring (bicyclic) bond motifs is 1. The lowest BCUT2D eigenvalue weighted by Gasteiger charge is -2.16. The number of nitrogens with zero attached hydrogens (tertiary/aromatic N) is 2. The average Bonchev–Trinajstić information content (AvgIpc) is 3.14. The predicted molar refractivity (Wildman–Crippen MR) is 114 cm³/mol. The van der Waals surface area contributed by atoms with E-state index in [0.717, 1.165) is 30.7 Å². The molecule has 4 rings (SSSR count). The number of nitrogens with one attached hydrogen (secondary N) is 2. The molecule has 3 aromatic rings. The molecule has 0 atom stereocenters. The molecule has 1 aliphatic rings. The van der Waals surface area contributed by atoms with E-state index >= 15 is 0 Å². The zero-order valence-electron chi connectivity index (χ0n) is 17.6. The minimum absolute atomic E-state index is 0.0353. The first-order valence-electron chi connectivity index (χ1n) is 10.3. The van der Waals surface area contributed by atoms with Crippen LogP contribution in [0.1, 0.15) is 47.1 Å². The zero-order valence-corrected chi connectivity index (χ0v) is 17.6. The van der Waals surface area contributed by atoms with Gasteiger partial charge in [0.1, 0.15) is 5.82 Å². The topological polar surface area (TPSA) is 76.0 Å². The normalized spacial score (nSPS) is 13.4. The number of hydrogen-bond donors (Lipinski definition) is 2. The summed E-state index contributed by atoms with van der Waals surface area (Å²) >= 11 is 0. The van der Waals surface area contributed by atoms with Crippen LogP contribution in [0, 0.1) is 5.82 Å². The van der Waals surface area contributed by atoms with Crippen molar-refractivity contribution in [3.63, 3.8) is 0 Å². The SMILES string of the molecule is CC(=O)Nc1ccc(NC(=O)c2nn(-c3ccc(F)cc3)c3c2CCCC3)c(C(F)(F)F)c1. The van der Waals surface area contributed by atoms with Crippen molar-refractivity contribution >= 4 is 23.2 Å². The maximum Gasteiger partial charge on any atom is 0.418 e. The fourth-order valence-corrected chi connectivity index (χ4v) is 3.93. The number of amides is 2. The van der Waals surface area contributed by atoms with E-state index in [1.54, 1.807) is 4.68 Å². The molecule has 0 fully saturated rings. The molecule has 0 saturated carbocycles. The molecule has 2 amide bonds. The first kappa shape index (κ1) is 22.5. The third-order valence-corrected chi connectivity index (χ3v) is 5.36. The molecule has 172 valence electrons. The highest BCUT2D eigenvalue weighted by Gasteiger charge is 2.35. The Morgan fingerprint density at radius 3 is 2.36 bits per heavy atom. The molecular formula is C23H20F4N4O2. The molecule has 0 saturated heterocycles. The molecule has 2 N–H and O–H groups in total. The summed E-state index contributed by atoms with van der Waals surface area (Å²) in [6, 6.07) is 8.75. The molecule has 0 unspecified atom stereocenters. The van der Waals surface area contributed by atoms with Gasteiger partial charge in [-0.05, 0) is 68.1 Å². The number of hydrogen-bond acceptors (Lipinski definition) is 3. The predicted octanol–water partition coefficient (Wildman–Crippen LogP) is 5.12. The highest BCUT2D eigenvalue weighted by atomic mass is 19.4. The van der Waals surface area contributed by atoms with Crippen molar-refractivity contribution in [1.29, 1.82) is 0 Å². The molecular weight excluding hydrogens is 440 g/mol. The maximum atomic E-state index is 13.6. The molecule has 0 radical (unpaired) electrons. The van der Waals surface area contributed by atoms with Crippen molar-refractivity contribution in [2.45, 2.75) is 38.8 Å². The van der Waals surface area contributed by atoms with Crippen LogP contribution in [0.4, 0.5) is 28.9 Å². The maximum absolute atomic E-state index is 13.6. The second kappa shape index (κ2) is 8.68. The summed E-state index contributed by atoms with van der Waals surface area (Å²) in [6.45, 7) is 1.18. The molecule has 2 aromatic carbocycles. The van der Waals surface area contributed by atoms with Gasteiger partial charge in [0, 0.05) is 23.9 Å². The second-order valence-corrected chi connectivity index (χ2v) is 7.76. The second-order valence-electron chi connectivity index (χ2n) is 7.76. The lowest BCUT2D eigenvalue weighted by Crippen LogP contribution is -2.19. The van der Waals surface area contributed by atoms with Crippen LogP contribution in [-0.4, -0.2) is 21.6 Å². The fraction of sp³-hybridized carbons (Fsp3) is 0.261. The van der Waals surface area contributed by atoms with E-state index in [1.807, 2.05) is 0 Å². The number of carbonyl (C=O) groups is 2. The van der Waals surface area contributed by atoms with Gasteiger partial charge >= 0.3 is 6.18 Å². The first-order valence-corrected chi connectivity index (χ1v) is 10.3.